The summed E-state index contributed by atoms with van der Waals surface area (Å²) in [6.45, 7) is 0.630. The summed E-state index contributed by atoms with van der Waals surface area (Å²) in [6.07, 6.45) is 3.65. The number of nitrogens with two attached hydrogens (primary N) is 4. The van der Waals surface area contributed by atoms with Gasteiger partial charge >= 0.3 is 11.9 Å². The molecule has 0 radical (unpaired) electrons. The van der Waals surface area contributed by atoms with Gasteiger partial charge in [0.05, 0.1) is 18.8 Å². The fraction of sp³-hybridized carbons (Fsp3) is 0.591. The van der Waals surface area contributed by atoms with Gasteiger partial charge in [-0.25, -0.2) is 9.78 Å². The highest BCUT2D eigenvalue weighted by Gasteiger charge is 2.31. The number of nitrogens with zero attached hydrogens (tertiary/aromatic N) is 2. The Morgan fingerprint density at radius 1 is 0.923 bits per heavy atom. The average molecular weight is 555 g/mol. The van der Waals surface area contributed by atoms with Crippen molar-refractivity contribution < 1.29 is 34.2 Å². The Hall–Kier alpha value is -4.25. The van der Waals surface area contributed by atoms with Crippen molar-refractivity contribution in [2.45, 2.75) is 69.1 Å². The second-order valence-electron chi connectivity index (χ2n) is 8.74. The van der Waals surface area contributed by atoms with Crippen molar-refractivity contribution in [1.82, 2.24) is 25.9 Å². The number of carbonyl (C=O) groups is 5. The third kappa shape index (κ3) is 13.2. The first-order chi connectivity index (χ1) is 18.4. The van der Waals surface area contributed by atoms with Gasteiger partial charge in [-0.2, -0.15) is 0 Å². The lowest BCUT2D eigenvalue weighted by Gasteiger charge is -2.25. The van der Waals surface area contributed by atoms with Crippen LogP contribution in [-0.4, -0.2) is 93.1 Å². The Morgan fingerprint density at radius 2 is 1.56 bits per heavy atom. The monoisotopic (exact) mass is 554 g/mol. The SMILES string of the molecule is NCCCCC(NC(=O)C(N)CCCN=C(N)N)C(=O)NC(Cc1cnc[nH]1)C(=O)NC(CC(=O)O)C(=O)O. The highest BCUT2D eigenvalue weighted by atomic mass is 16.4. The van der Waals surface area contributed by atoms with E-state index >= 15 is 0 Å². The van der Waals surface area contributed by atoms with Crippen LogP contribution < -0.4 is 38.9 Å². The number of hydrogen-bond acceptors (Lipinski definition) is 9. The molecule has 1 rings (SSSR count). The van der Waals surface area contributed by atoms with Crippen molar-refractivity contribution in [3.05, 3.63) is 18.2 Å². The molecule has 4 atom stereocenters. The van der Waals surface area contributed by atoms with Crippen LogP contribution in [-0.2, 0) is 30.4 Å². The Labute approximate surface area is 224 Å². The highest BCUT2D eigenvalue weighted by Crippen LogP contribution is 2.06. The quantitative estimate of drug-likeness (QED) is 0.0452. The van der Waals surface area contributed by atoms with Crippen molar-refractivity contribution in [1.29, 1.82) is 0 Å². The predicted octanol–water partition coefficient (Wildman–Crippen LogP) is -3.52. The number of aromatic nitrogens is 2. The van der Waals surface area contributed by atoms with Crippen molar-refractivity contribution in [2.75, 3.05) is 13.1 Å². The van der Waals surface area contributed by atoms with Crippen LogP contribution in [0.5, 0.6) is 0 Å². The second-order valence-corrected chi connectivity index (χ2v) is 8.74. The van der Waals surface area contributed by atoms with Crippen LogP contribution in [0.25, 0.3) is 0 Å². The number of guanidine groups is 1. The van der Waals surface area contributed by atoms with Gasteiger partial charge in [-0.05, 0) is 38.6 Å². The van der Waals surface area contributed by atoms with Gasteiger partial charge in [0.25, 0.3) is 0 Å². The summed E-state index contributed by atoms with van der Waals surface area (Å²) in [5.74, 6) is -5.34. The summed E-state index contributed by atoms with van der Waals surface area (Å²) in [6, 6.07) is -5.09. The Bertz CT molecular complexity index is 982. The maximum atomic E-state index is 13.2. The van der Waals surface area contributed by atoms with Gasteiger partial charge in [-0.15, -0.1) is 0 Å². The number of nitrogens with one attached hydrogen (secondary N) is 4. The van der Waals surface area contributed by atoms with E-state index < -0.39 is 60.2 Å². The number of imidazole rings is 1. The molecule has 14 N–H and O–H groups in total. The van der Waals surface area contributed by atoms with Crippen LogP contribution in [0.1, 0.15) is 44.2 Å². The molecule has 17 heteroatoms. The fourth-order valence-corrected chi connectivity index (χ4v) is 3.44. The molecule has 1 aromatic rings. The van der Waals surface area contributed by atoms with E-state index in [1.165, 1.54) is 12.5 Å². The maximum Gasteiger partial charge on any atom is 0.326 e. The number of unbranched alkanes of at least 4 members (excludes halogenated alkanes) is 1. The number of aliphatic carboxylic acids is 2. The van der Waals surface area contributed by atoms with E-state index in [0.29, 0.717) is 31.5 Å². The normalized spacial score (nSPS) is 13.8. The summed E-state index contributed by atoms with van der Waals surface area (Å²) in [5.41, 5.74) is 22.5. The number of rotatable bonds is 19. The predicted molar refractivity (Wildman–Crippen MR) is 139 cm³/mol. The fourth-order valence-electron chi connectivity index (χ4n) is 3.44. The molecule has 1 aromatic heterocycles. The summed E-state index contributed by atoms with van der Waals surface area (Å²) < 4.78 is 0. The smallest absolute Gasteiger partial charge is 0.326 e. The van der Waals surface area contributed by atoms with E-state index in [0.717, 1.165) is 0 Å². The first kappa shape index (κ1) is 32.8. The molecule has 1 heterocycles. The second kappa shape index (κ2) is 17.3. The molecule has 0 spiro atoms. The Morgan fingerprint density at radius 3 is 2.13 bits per heavy atom. The summed E-state index contributed by atoms with van der Waals surface area (Å²) >= 11 is 0. The van der Waals surface area contributed by atoms with E-state index in [1.54, 1.807) is 0 Å². The van der Waals surface area contributed by atoms with Gasteiger partial charge < -0.3 is 54.1 Å². The topological polar surface area (TPSA) is 307 Å². The van der Waals surface area contributed by atoms with Gasteiger partial charge in [-0.3, -0.25) is 24.2 Å². The molecule has 0 bridgehead atoms. The highest BCUT2D eigenvalue weighted by molar-refractivity contribution is 5.94. The third-order valence-corrected chi connectivity index (χ3v) is 5.49. The summed E-state index contributed by atoms with van der Waals surface area (Å²) in [7, 11) is 0. The minimum atomic E-state index is -1.73. The molecule has 4 unspecified atom stereocenters. The number of aromatic amines is 1. The van der Waals surface area contributed by atoms with E-state index in [1.807, 2.05) is 0 Å². The van der Waals surface area contributed by atoms with Crippen LogP contribution >= 0.6 is 0 Å². The minimum absolute atomic E-state index is 0.0870. The van der Waals surface area contributed by atoms with E-state index in [4.69, 9.17) is 28.0 Å². The molecule has 0 fully saturated rings. The minimum Gasteiger partial charge on any atom is -0.481 e. The van der Waals surface area contributed by atoms with Crippen LogP contribution in [0.4, 0.5) is 0 Å². The number of aliphatic imine (C=N–C) groups is 1. The largest absolute Gasteiger partial charge is 0.481 e. The maximum absolute atomic E-state index is 13.2. The molecule has 218 valence electrons. The van der Waals surface area contributed by atoms with Crippen LogP contribution in [0.3, 0.4) is 0 Å². The number of H-pyrrole nitrogens is 1. The van der Waals surface area contributed by atoms with Gasteiger partial charge in [0.2, 0.25) is 17.7 Å². The van der Waals surface area contributed by atoms with Gasteiger partial charge in [0.15, 0.2) is 5.96 Å². The number of hydrogen-bond donors (Lipinski definition) is 10. The van der Waals surface area contributed by atoms with Crippen molar-refractivity contribution in [3.8, 4) is 0 Å². The lowest BCUT2D eigenvalue weighted by Crippen LogP contribution is -2.57. The molecular weight excluding hydrogens is 516 g/mol. The third-order valence-electron chi connectivity index (χ3n) is 5.49. The zero-order valence-corrected chi connectivity index (χ0v) is 21.5. The molecule has 0 aliphatic carbocycles. The van der Waals surface area contributed by atoms with E-state index in [2.05, 4.69) is 30.9 Å². The van der Waals surface area contributed by atoms with Crippen molar-refractivity contribution >= 4 is 35.6 Å². The molecule has 0 saturated carbocycles. The van der Waals surface area contributed by atoms with Crippen LogP contribution in [0.15, 0.2) is 17.5 Å². The number of carbonyl (C=O) groups excluding carboxylic acids is 3. The first-order valence-electron chi connectivity index (χ1n) is 12.3. The van der Waals surface area contributed by atoms with Crippen molar-refractivity contribution in [2.24, 2.45) is 27.9 Å². The molecule has 0 aliphatic heterocycles. The van der Waals surface area contributed by atoms with Crippen LogP contribution in [0.2, 0.25) is 0 Å². The van der Waals surface area contributed by atoms with E-state index in [9.17, 15) is 29.1 Å². The average Bonchev–Trinajstić information content (AvgIpc) is 3.37. The Kier molecular flexibility index (Phi) is 14.5. The summed E-state index contributed by atoms with van der Waals surface area (Å²) in [4.78, 5) is 71.7. The molecule has 39 heavy (non-hydrogen) atoms. The van der Waals surface area contributed by atoms with Gasteiger partial charge in [0.1, 0.15) is 18.1 Å². The Balaban J connectivity index is 3.01. The van der Waals surface area contributed by atoms with Crippen molar-refractivity contribution in [3.63, 3.8) is 0 Å². The standard InChI is InChI=1S/C22H38N10O7/c23-6-2-1-5-14(30-18(35)13(24)4-3-7-28-22(25)26)19(36)31-15(8-12-10-27-11-29-12)20(37)32-16(21(38)39)9-17(33)34/h10-11,13-16H,1-9,23-24H2,(H,27,29)(H,30,35)(H,31,36)(H,32,37)(H,33,34)(H,38,39)(H4,25,26,28). The zero-order chi connectivity index (χ0) is 29.4. The van der Waals surface area contributed by atoms with E-state index in [-0.39, 0.29) is 31.8 Å². The number of amides is 3. The van der Waals surface area contributed by atoms with Gasteiger partial charge in [-0.1, -0.05) is 0 Å². The molecule has 3 amide bonds. The molecule has 0 aromatic carbocycles. The zero-order valence-electron chi connectivity index (χ0n) is 21.5. The number of carboxylic acids is 2. The molecule has 0 saturated heterocycles. The lowest BCUT2D eigenvalue weighted by atomic mass is 10.0. The molecular formula is C22H38N10O7. The van der Waals surface area contributed by atoms with Gasteiger partial charge in [0, 0.05) is 24.9 Å². The first-order valence-corrected chi connectivity index (χ1v) is 12.3. The number of carboxylic acid groups (broad SMARTS) is 2. The lowest BCUT2D eigenvalue weighted by molar-refractivity contribution is -0.147. The summed E-state index contributed by atoms with van der Waals surface area (Å²) in [5, 5.41) is 25.5. The van der Waals surface area contributed by atoms with Crippen LogP contribution in [0, 0.1) is 0 Å². The molecule has 17 nitrogen and oxygen atoms in total. The molecule has 0 aliphatic rings.